The van der Waals surface area contributed by atoms with Gasteiger partial charge in [-0.15, -0.1) is 0 Å². The molecule has 0 radical (unpaired) electrons. The van der Waals surface area contributed by atoms with Gasteiger partial charge in [0.25, 0.3) is 0 Å². The van der Waals surface area contributed by atoms with Crippen molar-refractivity contribution < 1.29 is 4.79 Å². The van der Waals surface area contributed by atoms with Crippen LogP contribution in [0.2, 0.25) is 0 Å². The zero-order valence-electron chi connectivity index (χ0n) is 8.80. The van der Waals surface area contributed by atoms with Crippen molar-refractivity contribution in [2.45, 2.75) is 32.6 Å². The zero-order chi connectivity index (χ0) is 10.8. The third kappa shape index (κ3) is 2.35. The summed E-state index contributed by atoms with van der Waals surface area (Å²) in [4.78, 5) is 10.9. The molecule has 0 aliphatic carbocycles. The molecule has 0 atom stereocenters. The molecule has 0 unspecified atom stereocenters. The summed E-state index contributed by atoms with van der Waals surface area (Å²) in [6.45, 7) is 6.02. The lowest BCUT2D eigenvalue weighted by molar-refractivity contribution is -0.111. The van der Waals surface area contributed by atoms with Crippen LogP contribution in [0.15, 0.2) is 18.2 Å². The van der Waals surface area contributed by atoms with E-state index >= 15 is 0 Å². The molecule has 1 rings (SSSR count). The van der Waals surface area contributed by atoms with Gasteiger partial charge in [-0.3, -0.25) is 0 Å². The summed E-state index contributed by atoms with van der Waals surface area (Å²) in [5.41, 5.74) is 2.07. The fraction of sp³-hybridized carbons (Fsp3) is 0.417. The van der Waals surface area contributed by atoms with Gasteiger partial charge >= 0.3 is 0 Å². The second-order valence-electron chi connectivity index (χ2n) is 4.00. The first kappa shape index (κ1) is 11.7. The van der Waals surface area contributed by atoms with Gasteiger partial charge in [-0.2, -0.15) is 0 Å². The Balaban J connectivity index is 3.15. The summed E-state index contributed by atoms with van der Waals surface area (Å²) < 4.78 is 1.25. The maximum atomic E-state index is 10.9. The summed E-state index contributed by atoms with van der Waals surface area (Å²) in [5.74, 6) is 0. The topological polar surface area (TPSA) is 17.1 Å². The molecule has 1 aromatic rings. The third-order valence-electron chi connectivity index (χ3n) is 2.47. The Kier molecular flexibility index (Phi) is 3.70. The standard InChI is InChI=1S/C12H15IO/c1-4-9-5-6-10(7-11(9)13)12(2,3)8-14/h5-8H,4H2,1-3H3. The minimum Gasteiger partial charge on any atom is -0.302 e. The van der Waals surface area contributed by atoms with Crippen LogP contribution in [0, 0.1) is 3.57 Å². The van der Waals surface area contributed by atoms with Crippen molar-refractivity contribution >= 4 is 28.9 Å². The van der Waals surface area contributed by atoms with Gasteiger partial charge in [0.05, 0.1) is 0 Å². The van der Waals surface area contributed by atoms with Gasteiger partial charge in [-0.25, -0.2) is 0 Å². The number of hydrogen-bond donors (Lipinski definition) is 0. The second kappa shape index (κ2) is 4.43. The molecule has 0 aliphatic rings. The van der Waals surface area contributed by atoms with Crippen molar-refractivity contribution in [2.24, 2.45) is 0 Å². The molecule has 0 heterocycles. The molecule has 0 saturated carbocycles. The molecule has 14 heavy (non-hydrogen) atoms. The summed E-state index contributed by atoms with van der Waals surface area (Å²) in [6.07, 6.45) is 2.05. The first-order valence-electron chi connectivity index (χ1n) is 4.76. The Bertz CT molecular complexity index is 342. The number of rotatable bonds is 3. The monoisotopic (exact) mass is 302 g/mol. The summed E-state index contributed by atoms with van der Waals surface area (Å²) in [7, 11) is 0. The van der Waals surface area contributed by atoms with Gasteiger partial charge in [-0.05, 0) is 60.1 Å². The molecule has 0 aromatic heterocycles. The molecule has 1 aromatic carbocycles. The Morgan fingerprint density at radius 1 is 1.43 bits per heavy atom. The lowest BCUT2D eigenvalue weighted by Crippen LogP contribution is -2.18. The molecule has 0 N–H and O–H groups in total. The molecular weight excluding hydrogens is 287 g/mol. The van der Waals surface area contributed by atoms with Crippen molar-refractivity contribution in [1.82, 2.24) is 0 Å². The van der Waals surface area contributed by atoms with E-state index in [9.17, 15) is 4.79 Å². The summed E-state index contributed by atoms with van der Waals surface area (Å²) in [5, 5.41) is 0. The molecule has 0 bridgehead atoms. The molecular formula is C12H15IO. The van der Waals surface area contributed by atoms with Gasteiger partial charge in [-0.1, -0.05) is 19.1 Å². The van der Waals surface area contributed by atoms with E-state index in [1.165, 1.54) is 9.13 Å². The van der Waals surface area contributed by atoms with E-state index in [0.29, 0.717) is 0 Å². The Hall–Kier alpha value is -0.380. The van der Waals surface area contributed by atoms with Crippen molar-refractivity contribution in [1.29, 1.82) is 0 Å². The lowest BCUT2D eigenvalue weighted by atomic mass is 9.86. The minimum absolute atomic E-state index is 0.369. The van der Waals surface area contributed by atoms with Crippen LogP contribution in [-0.4, -0.2) is 6.29 Å². The van der Waals surface area contributed by atoms with E-state index in [4.69, 9.17) is 0 Å². The molecule has 0 spiro atoms. The van der Waals surface area contributed by atoms with Crippen molar-refractivity contribution in [3.63, 3.8) is 0 Å². The number of carbonyl (C=O) groups excluding carboxylic acids is 1. The van der Waals surface area contributed by atoms with Gasteiger partial charge < -0.3 is 4.79 Å². The first-order chi connectivity index (χ1) is 6.51. The second-order valence-corrected chi connectivity index (χ2v) is 5.16. The van der Waals surface area contributed by atoms with Gasteiger partial charge in [0.1, 0.15) is 6.29 Å². The van der Waals surface area contributed by atoms with Crippen LogP contribution in [-0.2, 0) is 16.6 Å². The van der Waals surface area contributed by atoms with Gasteiger partial charge in [0.15, 0.2) is 0 Å². The van der Waals surface area contributed by atoms with E-state index in [-0.39, 0.29) is 5.41 Å². The number of benzene rings is 1. The van der Waals surface area contributed by atoms with Crippen LogP contribution in [0.25, 0.3) is 0 Å². The van der Waals surface area contributed by atoms with E-state index in [1.54, 1.807) is 0 Å². The number of carbonyl (C=O) groups is 1. The highest BCUT2D eigenvalue weighted by atomic mass is 127. The predicted molar refractivity (Wildman–Crippen MR) is 67.6 cm³/mol. The Labute approximate surface area is 99.0 Å². The fourth-order valence-corrected chi connectivity index (χ4v) is 2.20. The van der Waals surface area contributed by atoms with Crippen LogP contribution in [0.5, 0.6) is 0 Å². The van der Waals surface area contributed by atoms with Gasteiger partial charge in [0.2, 0.25) is 0 Å². The quantitative estimate of drug-likeness (QED) is 0.618. The van der Waals surface area contributed by atoms with Crippen molar-refractivity contribution in [3.8, 4) is 0 Å². The first-order valence-corrected chi connectivity index (χ1v) is 5.84. The van der Waals surface area contributed by atoms with Crippen LogP contribution >= 0.6 is 22.6 Å². The van der Waals surface area contributed by atoms with E-state index in [1.807, 2.05) is 13.8 Å². The zero-order valence-corrected chi connectivity index (χ0v) is 11.0. The number of aldehydes is 1. The highest BCUT2D eigenvalue weighted by Crippen LogP contribution is 2.24. The number of halogens is 1. The summed E-state index contributed by atoms with van der Waals surface area (Å²) >= 11 is 2.33. The largest absolute Gasteiger partial charge is 0.302 e. The third-order valence-corrected chi connectivity index (χ3v) is 3.48. The molecule has 0 aliphatic heterocycles. The SMILES string of the molecule is CCc1ccc(C(C)(C)C=O)cc1I. The van der Waals surface area contributed by atoms with Crippen LogP contribution in [0.4, 0.5) is 0 Å². The van der Waals surface area contributed by atoms with Crippen LogP contribution < -0.4 is 0 Å². The van der Waals surface area contributed by atoms with Gasteiger partial charge in [0, 0.05) is 8.99 Å². The number of hydrogen-bond acceptors (Lipinski definition) is 1. The van der Waals surface area contributed by atoms with Crippen molar-refractivity contribution in [2.75, 3.05) is 0 Å². The Morgan fingerprint density at radius 3 is 2.50 bits per heavy atom. The highest BCUT2D eigenvalue weighted by molar-refractivity contribution is 14.1. The maximum absolute atomic E-state index is 10.9. The van der Waals surface area contributed by atoms with Crippen molar-refractivity contribution in [3.05, 3.63) is 32.9 Å². The highest BCUT2D eigenvalue weighted by Gasteiger charge is 2.19. The smallest absolute Gasteiger partial charge is 0.129 e. The molecule has 1 nitrogen and oxygen atoms in total. The fourth-order valence-electron chi connectivity index (χ4n) is 1.30. The molecule has 0 fully saturated rings. The van der Waals surface area contributed by atoms with Crippen LogP contribution in [0.1, 0.15) is 31.9 Å². The van der Waals surface area contributed by atoms with E-state index in [2.05, 4.69) is 47.7 Å². The molecule has 2 heteroatoms. The molecule has 0 amide bonds. The summed E-state index contributed by atoms with van der Waals surface area (Å²) in [6, 6.07) is 6.27. The normalized spacial score (nSPS) is 11.4. The van der Waals surface area contributed by atoms with E-state index in [0.717, 1.165) is 18.3 Å². The molecule has 76 valence electrons. The predicted octanol–water partition coefficient (Wildman–Crippen LogP) is 3.33. The maximum Gasteiger partial charge on any atom is 0.129 e. The lowest BCUT2D eigenvalue weighted by Gasteiger charge is -2.18. The van der Waals surface area contributed by atoms with E-state index < -0.39 is 0 Å². The average Bonchev–Trinajstić information content (AvgIpc) is 2.17. The van der Waals surface area contributed by atoms with Crippen LogP contribution in [0.3, 0.4) is 0 Å². The molecule has 0 saturated heterocycles. The minimum atomic E-state index is -0.369. The number of aryl methyl sites for hydroxylation is 1. The Morgan fingerprint density at radius 2 is 2.07 bits per heavy atom. The average molecular weight is 302 g/mol.